The van der Waals surface area contributed by atoms with E-state index in [0.717, 1.165) is 30.2 Å². The van der Waals surface area contributed by atoms with Crippen molar-refractivity contribution >= 4 is 16.8 Å². The minimum Gasteiger partial charge on any atom is -0.494 e. The number of amides is 1. The van der Waals surface area contributed by atoms with Gasteiger partial charge in [-0.3, -0.25) is 4.79 Å². The normalized spacial score (nSPS) is 15.5. The molecule has 0 fully saturated rings. The van der Waals surface area contributed by atoms with Crippen LogP contribution < -0.4 is 15.8 Å². The molecule has 0 saturated carbocycles. The molecule has 186 valence electrons. The van der Waals surface area contributed by atoms with Crippen LogP contribution in [0.4, 0.5) is 13.2 Å². The average molecular weight is 498 g/mol. The minimum atomic E-state index is -4.63. The standard InChI is InChI=1S/C24H21F3N6O3/c1-35-17-7-5-13(12-6-8-19(24(25,26)27)32-20(12)17)23-33-21(18(9-28)36-23)22(34)31-16-4-2-3-15-14(16)10-29-11-30-15/h5-8,10-11,16H,2-4,9,28H2,1H3,(H,31,34). The molecule has 3 aromatic heterocycles. The van der Waals surface area contributed by atoms with Crippen molar-refractivity contribution in [1.29, 1.82) is 0 Å². The Labute approximate surface area is 202 Å². The van der Waals surface area contributed by atoms with E-state index >= 15 is 0 Å². The van der Waals surface area contributed by atoms with E-state index in [1.165, 1.54) is 25.6 Å². The molecule has 1 aliphatic rings. The van der Waals surface area contributed by atoms with Crippen LogP contribution in [0.1, 0.15) is 52.1 Å². The number of aryl methyl sites for hydroxylation is 1. The lowest BCUT2D eigenvalue weighted by molar-refractivity contribution is -0.140. The first kappa shape index (κ1) is 23.7. The average Bonchev–Trinajstić information content (AvgIpc) is 3.32. The maximum atomic E-state index is 13.3. The van der Waals surface area contributed by atoms with Gasteiger partial charge in [0.05, 0.1) is 19.7 Å². The molecule has 1 unspecified atom stereocenters. The summed E-state index contributed by atoms with van der Waals surface area (Å²) in [6.45, 7) is -0.106. The Balaban J connectivity index is 1.52. The Hall–Kier alpha value is -4.06. The fourth-order valence-electron chi connectivity index (χ4n) is 4.36. The summed E-state index contributed by atoms with van der Waals surface area (Å²) >= 11 is 0. The first-order chi connectivity index (χ1) is 17.3. The van der Waals surface area contributed by atoms with Gasteiger partial charge in [0, 0.05) is 28.4 Å². The van der Waals surface area contributed by atoms with Gasteiger partial charge in [0.2, 0.25) is 5.89 Å². The van der Waals surface area contributed by atoms with Gasteiger partial charge in [0.1, 0.15) is 23.3 Å². The summed E-state index contributed by atoms with van der Waals surface area (Å²) < 4.78 is 50.8. The molecule has 36 heavy (non-hydrogen) atoms. The summed E-state index contributed by atoms with van der Waals surface area (Å²) in [5.74, 6) is -0.155. The van der Waals surface area contributed by atoms with E-state index in [1.54, 1.807) is 12.3 Å². The second-order valence-electron chi connectivity index (χ2n) is 8.24. The van der Waals surface area contributed by atoms with Gasteiger partial charge in [-0.25, -0.2) is 19.9 Å². The molecule has 3 N–H and O–H groups in total. The smallest absolute Gasteiger partial charge is 0.433 e. The third-order valence-electron chi connectivity index (χ3n) is 6.07. The SMILES string of the molecule is COc1ccc(-c2nc(C(=O)NC3CCCc4ncncc43)c(CN)o2)c2ccc(C(F)(F)F)nc12. The molecule has 0 aliphatic heterocycles. The highest BCUT2D eigenvalue weighted by Crippen LogP contribution is 2.37. The zero-order chi connectivity index (χ0) is 25.4. The van der Waals surface area contributed by atoms with Crippen LogP contribution in [-0.4, -0.2) is 33.0 Å². The summed E-state index contributed by atoms with van der Waals surface area (Å²) in [6, 6.07) is 4.90. The van der Waals surface area contributed by atoms with Crippen LogP contribution in [0.3, 0.4) is 0 Å². The fourth-order valence-corrected chi connectivity index (χ4v) is 4.36. The molecule has 5 rings (SSSR count). The van der Waals surface area contributed by atoms with Crippen LogP contribution in [0.15, 0.2) is 41.2 Å². The summed E-state index contributed by atoms with van der Waals surface area (Å²) in [7, 11) is 1.34. The monoisotopic (exact) mass is 498 g/mol. The van der Waals surface area contributed by atoms with Gasteiger partial charge in [0.15, 0.2) is 11.5 Å². The van der Waals surface area contributed by atoms with Gasteiger partial charge in [-0.05, 0) is 43.5 Å². The third kappa shape index (κ3) is 4.24. The fraction of sp³-hybridized carbons (Fsp3) is 0.292. The molecule has 4 aromatic rings. The number of rotatable bonds is 5. The Kier molecular flexibility index (Phi) is 6.04. The van der Waals surface area contributed by atoms with Crippen LogP contribution in [0.2, 0.25) is 0 Å². The predicted octanol–water partition coefficient (Wildman–Crippen LogP) is 3.97. The number of hydrogen-bond donors (Lipinski definition) is 2. The van der Waals surface area contributed by atoms with Gasteiger partial charge >= 0.3 is 6.18 Å². The molecule has 12 heteroatoms. The maximum Gasteiger partial charge on any atom is 0.433 e. The third-order valence-corrected chi connectivity index (χ3v) is 6.07. The van der Waals surface area contributed by atoms with E-state index in [-0.39, 0.29) is 41.2 Å². The number of alkyl halides is 3. The van der Waals surface area contributed by atoms with Crippen molar-refractivity contribution in [2.24, 2.45) is 5.73 Å². The molecule has 1 aliphatic carbocycles. The van der Waals surface area contributed by atoms with E-state index in [2.05, 4.69) is 25.3 Å². The Morgan fingerprint density at radius 2 is 2.08 bits per heavy atom. The summed E-state index contributed by atoms with van der Waals surface area (Å²) in [4.78, 5) is 29.7. The number of methoxy groups -OCH3 is 1. The van der Waals surface area contributed by atoms with Crippen molar-refractivity contribution in [3.05, 3.63) is 65.2 Å². The predicted molar refractivity (Wildman–Crippen MR) is 122 cm³/mol. The summed E-state index contributed by atoms with van der Waals surface area (Å²) in [5.41, 5.74) is 6.84. The topological polar surface area (TPSA) is 129 Å². The molecule has 3 heterocycles. The van der Waals surface area contributed by atoms with Gasteiger partial charge in [-0.2, -0.15) is 13.2 Å². The zero-order valence-electron chi connectivity index (χ0n) is 19.1. The lowest BCUT2D eigenvalue weighted by Gasteiger charge is -2.24. The highest BCUT2D eigenvalue weighted by atomic mass is 19.4. The van der Waals surface area contributed by atoms with E-state index in [1.807, 2.05) is 0 Å². The highest BCUT2D eigenvalue weighted by molar-refractivity contribution is 5.98. The van der Waals surface area contributed by atoms with Crippen molar-refractivity contribution in [1.82, 2.24) is 25.3 Å². The number of fused-ring (bicyclic) bond motifs is 2. The quantitative estimate of drug-likeness (QED) is 0.423. The molecular weight excluding hydrogens is 477 g/mol. The molecule has 0 spiro atoms. The van der Waals surface area contributed by atoms with E-state index in [0.29, 0.717) is 17.4 Å². The number of aromatic nitrogens is 4. The van der Waals surface area contributed by atoms with Crippen LogP contribution in [0.5, 0.6) is 5.75 Å². The number of pyridine rings is 1. The number of halogens is 3. The highest BCUT2D eigenvalue weighted by Gasteiger charge is 2.33. The molecule has 1 amide bonds. The van der Waals surface area contributed by atoms with Gasteiger partial charge in [-0.15, -0.1) is 0 Å². The lowest BCUT2D eigenvalue weighted by atomic mass is 9.92. The van der Waals surface area contributed by atoms with Crippen LogP contribution >= 0.6 is 0 Å². The number of hydrogen-bond acceptors (Lipinski definition) is 8. The second kappa shape index (κ2) is 9.19. The van der Waals surface area contributed by atoms with Crippen molar-refractivity contribution < 1.29 is 27.1 Å². The van der Waals surface area contributed by atoms with Crippen LogP contribution in [0.25, 0.3) is 22.4 Å². The number of nitrogens with two attached hydrogens (primary N) is 1. The molecule has 0 saturated heterocycles. The number of oxazole rings is 1. The Morgan fingerprint density at radius 3 is 2.83 bits per heavy atom. The maximum absolute atomic E-state index is 13.3. The van der Waals surface area contributed by atoms with Gasteiger partial charge in [-0.1, -0.05) is 0 Å². The zero-order valence-corrected chi connectivity index (χ0v) is 19.1. The van der Waals surface area contributed by atoms with E-state index in [9.17, 15) is 18.0 Å². The van der Waals surface area contributed by atoms with Crippen molar-refractivity contribution in [2.45, 2.75) is 38.0 Å². The number of benzene rings is 1. The number of carbonyl (C=O) groups is 1. The molecule has 0 radical (unpaired) electrons. The second-order valence-corrected chi connectivity index (χ2v) is 8.24. The van der Waals surface area contributed by atoms with E-state index in [4.69, 9.17) is 14.9 Å². The molecule has 1 atom stereocenters. The summed E-state index contributed by atoms with van der Waals surface area (Å²) in [5, 5.41) is 3.27. The molecule has 1 aromatic carbocycles. The largest absolute Gasteiger partial charge is 0.494 e. The van der Waals surface area contributed by atoms with Crippen molar-refractivity contribution in [3.8, 4) is 17.2 Å². The van der Waals surface area contributed by atoms with Gasteiger partial charge in [0.25, 0.3) is 5.91 Å². The summed E-state index contributed by atoms with van der Waals surface area (Å²) in [6.07, 6.45) is 0.917. The first-order valence-electron chi connectivity index (χ1n) is 11.1. The van der Waals surface area contributed by atoms with Crippen molar-refractivity contribution in [3.63, 3.8) is 0 Å². The van der Waals surface area contributed by atoms with Crippen LogP contribution in [-0.2, 0) is 19.1 Å². The Morgan fingerprint density at radius 1 is 1.25 bits per heavy atom. The van der Waals surface area contributed by atoms with E-state index < -0.39 is 17.8 Å². The number of nitrogens with zero attached hydrogens (tertiary/aromatic N) is 4. The molecule has 0 bridgehead atoms. The number of carbonyl (C=O) groups excluding carboxylic acids is 1. The number of ether oxygens (including phenoxy) is 1. The Bertz CT molecular complexity index is 1450. The molecular formula is C24H21F3N6O3. The minimum absolute atomic E-state index is 0.000289. The van der Waals surface area contributed by atoms with Crippen LogP contribution in [0, 0.1) is 0 Å². The first-order valence-corrected chi connectivity index (χ1v) is 11.1. The van der Waals surface area contributed by atoms with Gasteiger partial charge < -0.3 is 20.2 Å². The lowest BCUT2D eigenvalue weighted by Crippen LogP contribution is -2.32. The number of nitrogens with one attached hydrogen (secondary N) is 1. The van der Waals surface area contributed by atoms with Crippen molar-refractivity contribution in [2.75, 3.05) is 7.11 Å². The molecule has 9 nitrogen and oxygen atoms in total.